The number of fused-ring (bicyclic) bond motifs is 1. The van der Waals surface area contributed by atoms with E-state index in [1.807, 2.05) is 60.7 Å². The van der Waals surface area contributed by atoms with Crippen molar-refractivity contribution in [2.45, 2.75) is 0 Å². The molecule has 0 N–H and O–H groups in total. The predicted molar refractivity (Wildman–Crippen MR) is 84.5 cm³/mol. The van der Waals surface area contributed by atoms with E-state index in [-0.39, 0.29) is 5.69 Å². The molecule has 5 heteroatoms. The van der Waals surface area contributed by atoms with Crippen molar-refractivity contribution in [2.75, 3.05) is 0 Å². The van der Waals surface area contributed by atoms with Crippen molar-refractivity contribution in [1.82, 2.24) is 19.1 Å². The average molecular weight is 288 g/mol. The number of rotatable bonds is 2. The Morgan fingerprint density at radius 1 is 0.636 bits per heavy atom. The van der Waals surface area contributed by atoms with E-state index < -0.39 is 0 Å². The second kappa shape index (κ2) is 4.96. The summed E-state index contributed by atoms with van der Waals surface area (Å²) in [5, 5.41) is 0. The predicted octanol–water partition coefficient (Wildman–Crippen LogP) is 2.57. The Morgan fingerprint density at radius 3 is 1.50 bits per heavy atom. The van der Waals surface area contributed by atoms with Crippen LogP contribution in [0.1, 0.15) is 0 Å². The van der Waals surface area contributed by atoms with Crippen LogP contribution in [0, 0.1) is 0 Å². The third-order valence-electron chi connectivity index (χ3n) is 3.50. The molecule has 0 aliphatic carbocycles. The van der Waals surface area contributed by atoms with Gasteiger partial charge in [0.2, 0.25) is 0 Å². The van der Waals surface area contributed by atoms with Crippen molar-refractivity contribution in [3.8, 4) is 11.6 Å². The van der Waals surface area contributed by atoms with Crippen LogP contribution in [0.4, 0.5) is 0 Å². The van der Waals surface area contributed by atoms with Crippen LogP contribution < -0.4 is 5.69 Å². The molecule has 4 aromatic rings. The van der Waals surface area contributed by atoms with Gasteiger partial charge in [-0.05, 0) is 36.4 Å². The lowest BCUT2D eigenvalue weighted by atomic mass is 10.3. The van der Waals surface area contributed by atoms with Gasteiger partial charge < -0.3 is 0 Å². The Labute approximate surface area is 126 Å². The van der Waals surface area contributed by atoms with Gasteiger partial charge in [-0.3, -0.25) is 0 Å². The molecule has 1 aromatic carbocycles. The average Bonchev–Trinajstić information content (AvgIpc) is 2.88. The van der Waals surface area contributed by atoms with Gasteiger partial charge in [-0.15, -0.1) is 0 Å². The largest absolute Gasteiger partial charge is 0.340 e. The molecule has 0 radical (unpaired) electrons. The van der Waals surface area contributed by atoms with Crippen LogP contribution in [-0.2, 0) is 0 Å². The summed E-state index contributed by atoms with van der Waals surface area (Å²) >= 11 is 0. The topological polar surface area (TPSA) is 52.7 Å². The van der Waals surface area contributed by atoms with Crippen molar-refractivity contribution in [3.63, 3.8) is 0 Å². The molecule has 0 amide bonds. The number of nitrogens with zero attached hydrogens (tertiary/aromatic N) is 4. The van der Waals surface area contributed by atoms with Gasteiger partial charge in [0.25, 0.3) is 0 Å². The fraction of sp³-hybridized carbons (Fsp3) is 0. The third-order valence-corrected chi connectivity index (χ3v) is 3.50. The van der Waals surface area contributed by atoms with Crippen molar-refractivity contribution < 1.29 is 0 Å². The molecule has 0 fully saturated rings. The normalized spacial score (nSPS) is 10.9. The first-order valence-electron chi connectivity index (χ1n) is 6.91. The van der Waals surface area contributed by atoms with Crippen molar-refractivity contribution in [3.05, 3.63) is 83.5 Å². The number of benzene rings is 1. The van der Waals surface area contributed by atoms with Crippen LogP contribution in [0.25, 0.3) is 22.7 Å². The number of imidazole rings is 1. The first-order valence-corrected chi connectivity index (χ1v) is 6.91. The molecule has 0 bridgehead atoms. The Balaban J connectivity index is 2.12. The number of aromatic nitrogens is 4. The molecule has 0 atom stereocenters. The van der Waals surface area contributed by atoms with E-state index in [1.54, 1.807) is 21.5 Å². The molecule has 4 rings (SSSR count). The Kier molecular flexibility index (Phi) is 2.83. The minimum absolute atomic E-state index is 0.182. The molecular formula is C17H12N4O. The van der Waals surface area contributed by atoms with Gasteiger partial charge in [-0.2, -0.15) is 0 Å². The van der Waals surface area contributed by atoms with E-state index in [4.69, 9.17) is 0 Å². The maximum absolute atomic E-state index is 12.9. The minimum Gasteiger partial charge on any atom is -0.247 e. The van der Waals surface area contributed by atoms with E-state index in [9.17, 15) is 4.79 Å². The van der Waals surface area contributed by atoms with Crippen LogP contribution in [0.3, 0.4) is 0 Å². The number of pyridine rings is 2. The summed E-state index contributed by atoms with van der Waals surface area (Å²) in [6.07, 6.45) is 3.35. The second-order valence-corrected chi connectivity index (χ2v) is 4.82. The molecule has 106 valence electrons. The van der Waals surface area contributed by atoms with Crippen LogP contribution in [0.2, 0.25) is 0 Å². The highest BCUT2D eigenvalue weighted by molar-refractivity contribution is 5.79. The van der Waals surface area contributed by atoms with Crippen molar-refractivity contribution in [2.24, 2.45) is 0 Å². The first kappa shape index (κ1) is 12.5. The van der Waals surface area contributed by atoms with E-state index in [1.165, 1.54) is 0 Å². The van der Waals surface area contributed by atoms with E-state index in [0.29, 0.717) is 11.6 Å². The fourth-order valence-electron chi connectivity index (χ4n) is 2.56. The molecule has 22 heavy (non-hydrogen) atoms. The quantitative estimate of drug-likeness (QED) is 0.569. The van der Waals surface area contributed by atoms with Crippen LogP contribution in [0.15, 0.2) is 77.9 Å². The molecule has 3 heterocycles. The number of para-hydroxylation sites is 2. The van der Waals surface area contributed by atoms with E-state index in [2.05, 4.69) is 9.97 Å². The van der Waals surface area contributed by atoms with Crippen LogP contribution in [-0.4, -0.2) is 19.1 Å². The lowest BCUT2D eigenvalue weighted by molar-refractivity contribution is 0.885. The SMILES string of the molecule is O=c1n(-c2ccccn2)c2ccccc2n1-c1ccccn1. The lowest BCUT2D eigenvalue weighted by Crippen LogP contribution is -2.23. The van der Waals surface area contributed by atoms with Gasteiger partial charge in [-0.25, -0.2) is 23.9 Å². The minimum atomic E-state index is -0.182. The maximum Gasteiger partial charge on any atom is 0.340 e. The molecule has 0 spiro atoms. The zero-order valence-corrected chi connectivity index (χ0v) is 11.6. The summed E-state index contributed by atoms with van der Waals surface area (Å²) in [4.78, 5) is 21.5. The highest BCUT2D eigenvalue weighted by Crippen LogP contribution is 2.18. The molecule has 0 saturated carbocycles. The van der Waals surface area contributed by atoms with Gasteiger partial charge in [0.1, 0.15) is 11.6 Å². The van der Waals surface area contributed by atoms with Gasteiger partial charge in [-0.1, -0.05) is 24.3 Å². The summed E-state index contributed by atoms with van der Waals surface area (Å²) in [6, 6.07) is 18.6. The zero-order chi connectivity index (χ0) is 14.9. The van der Waals surface area contributed by atoms with Gasteiger partial charge >= 0.3 is 5.69 Å². The second-order valence-electron chi connectivity index (χ2n) is 4.82. The standard InChI is InChI=1S/C17H12N4O/c22-17-20(15-9-3-5-11-18-15)13-7-1-2-8-14(13)21(17)16-10-4-6-12-19-16/h1-12H. The van der Waals surface area contributed by atoms with E-state index in [0.717, 1.165) is 11.0 Å². The smallest absolute Gasteiger partial charge is 0.247 e. The summed E-state index contributed by atoms with van der Waals surface area (Å²) in [5.74, 6) is 1.19. The van der Waals surface area contributed by atoms with Gasteiger partial charge in [0.05, 0.1) is 11.0 Å². The molecule has 0 unspecified atom stereocenters. The van der Waals surface area contributed by atoms with Crippen molar-refractivity contribution >= 4 is 11.0 Å². The van der Waals surface area contributed by atoms with Gasteiger partial charge in [0.15, 0.2) is 0 Å². The molecule has 5 nitrogen and oxygen atoms in total. The number of hydrogen-bond acceptors (Lipinski definition) is 3. The van der Waals surface area contributed by atoms with E-state index >= 15 is 0 Å². The number of hydrogen-bond donors (Lipinski definition) is 0. The third kappa shape index (κ3) is 1.83. The molecule has 0 saturated heterocycles. The summed E-state index contributed by atoms with van der Waals surface area (Å²) in [7, 11) is 0. The van der Waals surface area contributed by atoms with Crippen molar-refractivity contribution in [1.29, 1.82) is 0 Å². The Morgan fingerprint density at radius 2 is 1.09 bits per heavy atom. The summed E-state index contributed by atoms with van der Waals surface area (Å²) in [6.45, 7) is 0. The lowest BCUT2D eigenvalue weighted by Gasteiger charge is -2.01. The van der Waals surface area contributed by atoms with Crippen LogP contribution >= 0.6 is 0 Å². The Bertz CT molecular complexity index is 908. The molecule has 0 aliphatic heterocycles. The monoisotopic (exact) mass is 288 g/mol. The summed E-state index contributed by atoms with van der Waals surface area (Å²) < 4.78 is 3.20. The highest BCUT2D eigenvalue weighted by Gasteiger charge is 2.16. The molecule has 3 aromatic heterocycles. The first-order chi connectivity index (χ1) is 10.9. The highest BCUT2D eigenvalue weighted by atomic mass is 16.1. The zero-order valence-electron chi connectivity index (χ0n) is 11.6. The molecular weight excluding hydrogens is 276 g/mol. The maximum atomic E-state index is 12.9. The molecule has 0 aliphatic rings. The summed E-state index contributed by atoms with van der Waals surface area (Å²) in [5.41, 5.74) is 1.42. The van der Waals surface area contributed by atoms with Gasteiger partial charge in [0, 0.05) is 12.4 Å². The Hall–Kier alpha value is -3.21. The van der Waals surface area contributed by atoms with Crippen LogP contribution in [0.5, 0.6) is 0 Å². The fourth-order valence-corrected chi connectivity index (χ4v) is 2.56.